The van der Waals surface area contributed by atoms with Gasteiger partial charge in [0.05, 0.1) is 8.82 Å². The minimum absolute atomic E-state index is 0.0226. The Labute approximate surface area is 122 Å². The smallest absolute Gasteiger partial charge is 0.150 e. The summed E-state index contributed by atoms with van der Waals surface area (Å²) in [4.78, 5) is 0. The van der Waals surface area contributed by atoms with Gasteiger partial charge < -0.3 is 4.74 Å². The number of rotatable bonds is 3. The number of benzene rings is 1. The fourth-order valence-corrected chi connectivity index (χ4v) is 3.99. The molecular weight excluding hydrogens is 363 g/mol. The summed E-state index contributed by atoms with van der Waals surface area (Å²) in [7, 11) is -2.94. The summed E-state index contributed by atoms with van der Waals surface area (Å²) < 4.78 is 30.2. The SMILES string of the molecule is CS(=O)(=O)C1CCCC(Oc2ccccc2I)C1. The Balaban J connectivity index is 2.05. The van der Waals surface area contributed by atoms with Crippen molar-refractivity contribution >= 4 is 32.4 Å². The largest absolute Gasteiger partial charge is 0.489 e. The topological polar surface area (TPSA) is 43.4 Å². The second-order valence-electron chi connectivity index (χ2n) is 4.79. The number of hydrogen-bond acceptors (Lipinski definition) is 3. The minimum atomic E-state index is -2.94. The van der Waals surface area contributed by atoms with Crippen molar-refractivity contribution in [3.05, 3.63) is 27.8 Å². The van der Waals surface area contributed by atoms with Gasteiger partial charge in [0.1, 0.15) is 21.7 Å². The quantitative estimate of drug-likeness (QED) is 0.758. The minimum Gasteiger partial charge on any atom is -0.489 e. The van der Waals surface area contributed by atoms with E-state index < -0.39 is 9.84 Å². The van der Waals surface area contributed by atoms with E-state index in [0.29, 0.717) is 6.42 Å². The number of halogens is 1. The predicted molar refractivity (Wildman–Crippen MR) is 80.7 cm³/mol. The number of hydrogen-bond donors (Lipinski definition) is 0. The molecule has 2 atom stereocenters. The van der Waals surface area contributed by atoms with Crippen molar-refractivity contribution in [3.63, 3.8) is 0 Å². The fourth-order valence-electron chi connectivity index (χ4n) is 2.32. The Bertz CT molecular complexity index is 513. The molecule has 18 heavy (non-hydrogen) atoms. The highest BCUT2D eigenvalue weighted by Gasteiger charge is 2.30. The lowest BCUT2D eigenvalue weighted by molar-refractivity contribution is 0.155. The van der Waals surface area contributed by atoms with Crippen molar-refractivity contribution in [3.8, 4) is 5.75 Å². The van der Waals surface area contributed by atoms with Crippen LogP contribution in [0.4, 0.5) is 0 Å². The molecule has 0 saturated heterocycles. The Kier molecular flexibility index (Phi) is 4.53. The van der Waals surface area contributed by atoms with Crippen molar-refractivity contribution in [1.29, 1.82) is 0 Å². The van der Waals surface area contributed by atoms with Gasteiger partial charge in [0.25, 0.3) is 0 Å². The van der Waals surface area contributed by atoms with Crippen molar-refractivity contribution in [2.45, 2.75) is 37.0 Å². The molecule has 2 unspecified atom stereocenters. The molecule has 1 aliphatic rings. The molecule has 0 radical (unpaired) electrons. The van der Waals surface area contributed by atoms with Crippen molar-refractivity contribution in [2.75, 3.05) is 6.26 Å². The van der Waals surface area contributed by atoms with Gasteiger partial charge in [-0.25, -0.2) is 8.42 Å². The molecule has 0 bridgehead atoms. The molecule has 0 N–H and O–H groups in total. The van der Waals surface area contributed by atoms with Crippen LogP contribution in [0.25, 0.3) is 0 Å². The second-order valence-corrected chi connectivity index (χ2v) is 8.28. The zero-order valence-electron chi connectivity index (χ0n) is 10.3. The highest BCUT2D eigenvalue weighted by Crippen LogP contribution is 2.29. The van der Waals surface area contributed by atoms with Crippen LogP contribution in [0.1, 0.15) is 25.7 Å². The molecule has 0 amide bonds. The lowest BCUT2D eigenvalue weighted by Gasteiger charge is -2.28. The van der Waals surface area contributed by atoms with E-state index in [1.165, 1.54) is 6.26 Å². The first-order valence-electron chi connectivity index (χ1n) is 6.07. The van der Waals surface area contributed by atoms with Crippen LogP contribution < -0.4 is 4.74 Å². The summed E-state index contributed by atoms with van der Waals surface area (Å²) in [5.74, 6) is 0.859. The normalized spacial score (nSPS) is 24.8. The third-order valence-corrected chi connectivity index (χ3v) is 5.84. The van der Waals surface area contributed by atoms with Gasteiger partial charge in [-0.1, -0.05) is 12.1 Å². The molecular formula is C13H17IO3S. The maximum atomic E-state index is 11.6. The molecule has 5 heteroatoms. The highest BCUT2D eigenvalue weighted by molar-refractivity contribution is 14.1. The molecule has 1 fully saturated rings. The van der Waals surface area contributed by atoms with Crippen molar-refractivity contribution in [1.82, 2.24) is 0 Å². The zero-order chi connectivity index (χ0) is 13.2. The third kappa shape index (κ3) is 3.60. The summed E-state index contributed by atoms with van der Waals surface area (Å²) in [5, 5.41) is -0.238. The van der Waals surface area contributed by atoms with Crippen molar-refractivity contribution < 1.29 is 13.2 Å². The van der Waals surface area contributed by atoms with E-state index in [2.05, 4.69) is 22.6 Å². The van der Waals surface area contributed by atoms with Gasteiger partial charge >= 0.3 is 0 Å². The molecule has 0 spiro atoms. The van der Waals surface area contributed by atoms with Gasteiger partial charge in [0, 0.05) is 12.7 Å². The number of para-hydroxylation sites is 1. The van der Waals surface area contributed by atoms with Gasteiger partial charge in [-0.05, 0) is 54.0 Å². The lowest BCUT2D eigenvalue weighted by Crippen LogP contribution is -2.33. The summed E-state index contributed by atoms with van der Waals surface area (Å²) in [5.41, 5.74) is 0. The second kappa shape index (κ2) is 5.77. The summed E-state index contributed by atoms with van der Waals surface area (Å²) in [6, 6.07) is 7.84. The van der Waals surface area contributed by atoms with Crippen LogP contribution >= 0.6 is 22.6 Å². The Morgan fingerprint density at radius 1 is 1.28 bits per heavy atom. The van der Waals surface area contributed by atoms with Gasteiger partial charge in [0.15, 0.2) is 0 Å². The van der Waals surface area contributed by atoms with Crippen molar-refractivity contribution in [2.24, 2.45) is 0 Å². The Morgan fingerprint density at radius 2 is 2.00 bits per heavy atom. The van der Waals surface area contributed by atoms with E-state index in [4.69, 9.17) is 4.74 Å². The summed E-state index contributed by atoms with van der Waals surface area (Å²) in [6.07, 6.45) is 4.60. The van der Waals surface area contributed by atoms with Crippen LogP contribution in [-0.2, 0) is 9.84 Å². The molecule has 0 aliphatic heterocycles. The summed E-state index contributed by atoms with van der Waals surface area (Å²) >= 11 is 2.23. The monoisotopic (exact) mass is 380 g/mol. The van der Waals surface area contributed by atoms with E-state index >= 15 is 0 Å². The average Bonchev–Trinajstić information content (AvgIpc) is 2.31. The van der Waals surface area contributed by atoms with E-state index in [0.717, 1.165) is 28.6 Å². The molecule has 1 aromatic carbocycles. The molecule has 100 valence electrons. The van der Waals surface area contributed by atoms with Gasteiger partial charge in [-0.2, -0.15) is 0 Å². The predicted octanol–water partition coefficient (Wildman–Crippen LogP) is 3.03. The first-order chi connectivity index (χ1) is 8.47. The molecule has 3 nitrogen and oxygen atoms in total. The highest BCUT2D eigenvalue weighted by atomic mass is 127. The van der Waals surface area contributed by atoms with E-state index in [-0.39, 0.29) is 11.4 Å². The molecule has 0 aromatic heterocycles. The molecule has 1 aromatic rings. The van der Waals surface area contributed by atoms with E-state index in [1.54, 1.807) is 0 Å². The maximum absolute atomic E-state index is 11.6. The summed E-state index contributed by atoms with van der Waals surface area (Å²) in [6.45, 7) is 0. The van der Waals surface area contributed by atoms with Crippen LogP contribution in [0.2, 0.25) is 0 Å². The fraction of sp³-hybridized carbons (Fsp3) is 0.538. The molecule has 2 rings (SSSR count). The average molecular weight is 380 g/mol. The molecule has 1 saturated carbocycles. The van der Waals surface area contributed by atoms with Crippen LogP contribution in [0, 0.1) is 3.57 Å². The van der Waals surface area contributed by atoms with Gasteiger partial charge in [-0.15, -0.1) is 0 Å². The van der Waals surface area contributed by atoms with Crippen LogP contribution in [0.15, 0.2) is 24.3 Å². The van der Waals surface area contributed by atoms with Crippen LogP contribution in [-0.4, -0.2) is 26.0 Å². The van der Waals surface area contributed by atoms with E-state index in [9.17, 15) is 8.42 Å². The molecule has 1 aliphatic carbocycles. The first kappa shape index (κ1) is 14.1. The Morgan fingerprint density at radius 3 is 2.67 bits per heavy atom. The zero-order valence-corrected chi connectivity index (χ0v) is 13.3. The molecule has 0 heterocycles. The number of ether oxygens (including phenoxy) is 1. The van der Waals surface area contributed by atoms with E-state index in [1.807, 2.05) is 24.3 Å². The first-order valence-corrected chi connectivity index (χ1v) is 9.10. The van der Waals surface area contributed by atoms with Crippen LogP contribution in [0.3, 0.4) is 0 Å². The Hall–Kier alpha value is -0.300. The maximum Gasteiger partial charge on any atom is 0.150 e. The standard InChI is InChI=1S/C13H17IO3S/c1-18(15,16)11-6-4-5-10(9-11)17-13-8-3-2-7-12(13)14/h2-3,7-8,10-11H,4-6,9H2,1H3. The lowest BCUT2D eigenvalue weighted by atomic mass is 9.97. The van der Waals surface area contributed by atoms with Gasteiger partial charge in [-0.3, -0.25) is 0 Å². The van der Waals surface area contributed by atoms with Gasteiger partial charge in [0.2, 0.25) is 0 Å². The number of sulfone groups is 1. The van der Waals surface area contributed by atoms with Crippen LogP contribution in [0.5, 0.6) is 5.75 Å². The third-order valence-electron chi connectivity index (χ3n) is 3.31.